The maximum atomic E-state index is 13.1. The third-order valence-electron chi connectivity index (χ3n) is 4.16. The van der Waals surface area contributed by atoms with Gasteiger partial charge in [-0.3, -0.25) is 0 Å². The fourth-order valence-corrected chi connectivity index (χ4v) is 4.80. The van der Waals surface area contributed by atoms with Gasteiger partial charge in [-0.2, -0.15) is 0 Å². The zero-order valence-corrected chi connectivity index (χ0v) is 16.2. The lowest BCUT2D eigenvalue weighted by Crippen LogP contribution is -2.19. The molecule has 0 spiro atoms. The molecular formula is C19H19BrN2O2S. The smallest absolute Gasteiger partial charge is 0.268 e. The van der Waals surface area contributed by atoms with E-state index in [0.717, 1.165) is 21.0 Å². The molecular weight excluding hydrogens is 400 g/mol. The van der Waals surface area contributed by atoms with Gasteiger partial charge in [0.25, 0.3) is 10.0 Å². The van der Waals surface area contributed by atoms with E-state index < -0.39 is 10.0 Å². The molecule has 1 heterocycles. The molecule has 0 amide bonds. The molecule has 1 aromatic heterocycles. The molecule has 3 rings (SSSR count). The van der Waals surface area contributed by atoms with Crippen LogP contribution in [-0.4, -0.2) is 18.4 Å². The Morgan fingerprint density at radius 3 is 2.56 bits per heavy atom. The van der Waals surface area contributed by atoms with Gasteiger partial charge >= 0.3 is 0 Å². The number of benzene rings is 2. The maximum Gasteiger partial charge on any atom is 0.268 e. The van der Waals surface area contributed by atoms with Crippen LogP contribution in [0, 0.1) is 6.92 Å². The largest absolute Gasteiger partial charge is 0.324 e. The average Bonchev–Trinajstić information content (AvgIpc) is 2.96. The summed E-state index contributed by atoms with van der Waals surface area (Å²) in [7, 11) is -3.69. The van der Waals surface area contributed by atoms with Crippen molar-refractivity contribution in [2.75, 3.05) is 0 Å². The van der Waals surface area contributed by atoms with Gasteiger partial charge in [0.2, 0.25) is 0 Å². The minimum absolute atomic E-state index is 0.242. The summed E-state index contributed by atoms with van der Waals surface area (Å²) < 4.78 is 28.4. The van der Waals surface area contributed by atoms with Crippen molar-refractivity contribution in [2.24, 2.45) is 5.73 Å². The second-order valence-electron chi connectivity index (χ2n) is 6.01. The molecule has 2 aromatic carbocycles. The van der Waals surface area contributed by atoms with Crippen LogP contribution in [0.5, 0.6) is 0 Å². The van der Waals surface area contributed by atoms with E-state index in [2.05, 4.69) is 22.5 Å². The number of nitrogens with two attached hydrogens (primary N) is 1. The molecule has 1 atom stereocenters. The summed E-state index contributed by atoms with van der Waals surface area (Å²) in [4.78, 5) is 0.259. The maximum absolute atomic E-state index is 13.1. The summed E-state index contributed by atoms with van der Waals surface area (Å²) in [6.45, 7) is 5.63. The summed E-state index contributed by atoms with van der Waals surface area (Å²) in [6.07, 6.45) is 3.83. The Hall–Kier alpha value is -1.89. The molecule has 0 aliphatic heterocycles. The van der Waals surface area contributed by atoms with Crippen molar-refractivity contribution in [3.8, 4) is 0 Å². The highest BCUT2D eigenvalue weighted by molar-refractivity contribution is 9.10. The van der Waals surface area contributed by atoms with E-state index in [-0.39, 0.29) is 10.9 Å². The summed E-state index contributed by atoms with van der Waals surface area (Å²) >= 11 is 3.53. The van der Waals surface area contributed by atoms with Crippen molar-refractivity contribution in [2.45, 2.75) is 24.3 Å². The summed E-state index contributed by atoms with van der Waals surface area (Å²) in [5, 5.41) is 0.857. The Morgan fingerprint density at radius 1 is 1.24 bits per heavy atom. The zero-order chi connectivity index (χ0) is 18.2. The van der Waals surface area contributed by atoms with E-state index in [0.29, 0.717) is 11.9 Å². The first-order valence-electron chi connectivity index (χ1n) is 7.83. The first-order valence-corrected chi connectivity index (χ1v) is 10.1. The number of hydrogen-bond acceptors (Lipinski definition) is 3. The van der Waals surface area contributed by atoms with Crippen LogP contribution in [0.3, 0.4) is 0 Å². The first-order chi connectivity index (χ1) is 11.8. The molecule has 0 fully saturated rings. The standard InChI is InChI=1S/C19H19BrN2O2S/c1-3-15(21)11-14-12-22(18-6-4-5-17(20)19(14)18)25(23,24)16-9-7-13(2)8-10-16/h3-10,12,15H,1,11,21H2,2H3/t15-/m0/s1. The first kappa shape index (κ1) is 17.9. The van der Waals surface area contributed by atoms with Gasteiger partial charge < -0.3 is 5.73 Å². The summed E-state index contributed by atoms with van der Waals surface area (Å²) in [5.74, 6) is 0. The van der Waals surface area contributed by atoms with Gasteiger partial charge in [0.05, 0.1) is 10.4 Å². The summed E-state index contributed by atoms with van der Waals surface area (Å²) in [6, 6.07) is 12.1. The molecule has 0 bridgehead atoms. The molecule has 130 valence electrons. The average molecular weight is 419 g/mol. The predicted molar refractivity (Wildman–Crippen MR) is 105 cm³/mol. The Labute approximate surface area is 156 Å². The number of aromatic nitrogens is 1. The minimum Gasteiger partial charge on any atom is -0.324 e. The molecule has 4 nitrogen and oxygen atoms in total. The molecule has 3 aromatic rings. The molecule has 6 heteroatoms. The second kappa shape index (κ2) is 6.78. The van der Waals surface area contributed by atoms with Crippen molar-refractivity contribution in [1.29, 1.82) is 0 Å². The molecule has 0 radical (unpaired) electrons. The quantitative estimate of drug-likeness (QED) is 0.636. The van der Waals surface area contributed by atoms with Crippen LogP contribution in [0.2, 0.25) is 0 Å². The highest BCUT2D eigenvalue weighted by Crippen LogP contribution is 2.32. The van der Waals surface area contributed by atoms with Gasteiger partial charge in [0, 0.05) is 22.1 Å². The lowest BCUT2D eigenvalue weighted by atomic mass is 10.1. The Bertz CT molecular complexity index is 1040. The van der Waals surface area contributed by atoms with Gasteiger partial charge in [0.15, 0.2) is 0 Å². The van der Waals surface area contributed by atoms with Gasteiger partial charge in [-0.25, -0.2) is 12.4 Å². The van der Waals surface area contributed by atoms with Crippen LogP contribution in [0.15, 0.2) is 70.7 Å². The molecule has 0 aliphatic rings. The van der Waals surface area contributed by atoms with Crippen molar-refractivity contribution in [3.63, 3.8) is 0 Å². The van der Waals surface area contributed by atoms with Crippen LogP contribution in [0.4, 0.5) is 0 Å². The fourth-order valence-electron chi connectivity index (χ4n) is 2.80. The van der Waals surface area contributed by atoms with Crippen molar-refractivity contribution >= 4 is 36.9 Å². The van der Waals surface area contributed by atoms with Crippen LogP contribution >= 0.6 is 15.9 Å². The topological polar surface area (TPSA) is 65.1 Å². The fraction of sp³-hybridized carbons (Fsp3) is 0.158. The molecule has 0 saturated heterocycles. The van der Waals surface area contributed by atoms with Crippen LogP contribution < -0.4 is 5.73 Å². The number of hydrogen-bond donors (Lipinski definition) is 1. The normalized spacial score (nSPS) is 13.1. The van der Waals surface area contributed by atoms with E-state index >= 15 is 0 Å². The molecule has 0 saturated carbocycles. The van der Waals surface area contributed by atoms with Crippen molar-refractivity contribution in [3.05, 3.63) is 76.9 Å². The Balaban J connectivity index is 2.24. The third kappa shape index (κ3) is 3.29. The number of fused-ring (bicyclic) bond motifs is 1. The monoisotopic (exact) mass is 418 g/mol. The van der Waals surface area contributed by atoms with E-state index in [1.165, 1.54) is 3.97 Å². The lowest BCUT2D eigenvalue weighted by Gasteiger charge is -2.08. The van der Waals surface area contributed by atoms with Crippen LogP contribution in [0.1, 0.15) is 11.1 Å². The minimum atomic E-state index is -3.69. The number of rotatable bonds is 5. The van der Waals surface area contributed by atoms with Gasteiger partial charge in [-0.05, 0) is 43.2 Å². The van der Waals surface area contributed by atoms with E-state index in [9.17, 15) is 8.42 Å². The number of halogens is 1. The van der Waals surface area contributed by atoms with Gasteiger partial charge in [-0.1, -0.05) is 45.8 Å². The van der Waals surface area contributed by atoms with E-state index in [1.54, 1.807) is 42.6 Å². The number of nitrogens with zero attached hydrogens (tertiary/aromatic N) is 1. The summed E-state index contributed by atoms with van der Waals surface area (Å²) in [5.41, 5.74) is 8.50. The van der Waals surface area contributed by atoms with Gasteiger partial charge in [-0.15, -0.1) is 6.58 Å². The molecule has 2 N–H and O–H groups in total. The third-order valence-corrected chi connectivity index (χ3v) is 6.51. The molecule has 0 unspecified atom stereocenters. The Morgan fingerprint density at radius 2 is 1.92 bits per heavy atom. The van der Waals surface area contributed by atoms with E-state index in [1.807, 2.05) is 19.1 Å². The molecule has 25 heavy (non-hydrogen) atoms. The van der Waals surface area contributed by atoms with Crippen molar-refractivity contribution in [1.82, 2.24) is 3.97 Å². The highest BCUT2D eigenvalue weighted by atomic mass is 79.9. The highest BCUT2D eigenvalue weighted by Gasteiger charge is 2.22. The Kier molecular flexibility index (Phi) is 4.86. The van der Waals surface area contributed by atoms with Gasteiger partial charge in [0.1, 0.15) is 0 Å². The van der Waals surface area contributed by atoms with Crippen LogP contribution in [-0.2, 0) is 16.4 Å². The predicted octanol–water partition coefficient (Wildman–Crippen LogP) is 4.01. The molecule has 0 aliphatic carbocycles. The second-order valence-corrected chi connectivity index (χ2v) is 8.68. The van der Waals surface area contributed by atoms with Crippen molar-refractivity contribution < 1.29 is 8.42 Å². The number of aryl methyl sites for hydroxylation is 1. The lowest BCUT2D eigenvalue weighted by molar-refractivity contribution is 0.589. The van der Waals surface area contributed by atoms with E-state index in [4.69, 9.17) is 5.73 Å². The zero-order valence-electron chi connectivity index (χ0n) is 13.8. The van der Waals surface area contributed by atoms with Crippen LogP contribution in [0.25, 0.3) is 10.9 Å². The SMILES string of the molecule is C=C[C@H](N)Cc1cn(S(=O)(=O)c2ccc(C)cc2)c2cccc(Br)c12.